The molecular weight excluding hydrogens is 318 g/mol. The molecule has 0 bridgehead atoms. The molecule has 0 saturated carbocycles. The first kappa shape index (κ1) is 19.3. The van der Waals surface area contributed by atoms with Crippen LogP contribution in [0, 0.1) is 5.92 Å². The Labute approximate surface area is 143 Å². The maximum Gasteiger partial charge on any atom is 0.227 e. The number of hydrogen-bond acceptors (Lipinski definition) is 4. The van der Waals surface area contributed by atoms with E-state index >= 15 is 0 Å². The Balaban J connectivity index is 0.00000264. The van der Waals surface area contributed by atoms with Crippen LogP contribution in [0.2, 0.25) is 0 Å². The number of nitrogens with one attached hydrogen (secondary N) is 1. The van der Waals surface area contributed by atoms with Gasteiger partial charge < -0.3 is 19.9 Å². The standard InChI is InChI=1S/C16H23N3O3.ClH/c1-17-8-9-18(2)16(21)12-10-15(20)19(11-12)13-6-4-5-7-14(13)22-3;/h4-7,12,17H,8-11H2,1-3H3;1H. The monoisotopic (exact) mass is 341 g/mol. The first-order valence-electron chi connectivity index (χ1n) is 7.41. The Hall–Kier alpha value is -1.79. The molecule has 1 unspecified atom stereocenters. The second-order valence-electron chi connectivity index (χ2n) is 5.44. The van der Waals surface area contributed by atoms with Gasteiger partial charge in [0.05, 0.1) is 18.7 Å². The number of para-hydroxylation sites is 2. The van der Waals surface area contributed by atoms with Crippen LogP contribution in [-0.4, -0.2) is 57.6 Å². The molecule has 1 N–H and O–H groups in total. The summed E-state index contributed by atoms with van der Waals surface area (Å²) in [6, 6.07) is 7.38. The van der Waals surface area contributed by atoms with E-state index in [9.17, 15) is 9.59 Å². The Kier molecular flexibility index (Phi) is 7.32. The van der Waals surface area contributed by atoms with E-state index in [0.717, 1.165) is 12.2 Å². The van der Waals surface area contributed by atoms with Gasteiger partial charge in [-0.05, 0) is 19.2 Å². The van der Waals surface area contributed by atoms with Gasteiger partial charge in [0.2, 0.25) is 11.8 Å². The minimum absolute atomic E-state index is 0. The van der Waals surface area contributed by atoms with Gasteiger partial charge in [-0.1, -0.05) is 12.1 Å². The number of methoxy groups -OCH3 is 1. The van der Waals surface area contributed by atoms with Crippen molar-refractivity contribution >= 4 is 29.9 Å². The highest BCUT2D eigenvalue weighted by Crippen LogP contribution is 2.33. The highest BCUT2D eigenvalue weighted by Gasteiger charge is 2.37. The van der Waals surface area contributed by atoms with Crippen LogP contribution >= 0.6 is 12.4 Å². The van der Waals surface area contributed by atoms with E-state index in [1.54, 1.807) is 24.0 Å². The molecule has 2 rings (SSSR count). The molecule has 1 fully saturated rings. The van der Waals surface area contributed by atoms with E-state index in [0.29, 0.717) is 18.8 Å². The fraction of sp³-hybridized carbons (Fsp3) is 0.500. The van der Waals surface area contributed by atoms with Gasteiger partial charge in [0, 0.05) is 33.1 Å². The molecule has 1 aromatic rings. The van der Waals surface area contributed by atoms with Crippen LogP contribution in [0.15, 0.2) is 24.3 Å². The molecule has 1 atom stereocenters. The second kappa shape index (κ2) is 8.74. The van der Waals surface area contributed by atoms with E-state index in [4.69, 9.17) is 4.74 Å². The number of halogens is 1. The van der Waals surface area contributed by atoms with Gasteiger partial charge in [0.1, 0.15) is 5.75 Å². The lowest BCUT2D eigenvalue weighted by atomic mass is 10.1. The smallest absolute Gasteiger partial charge is 0.227 e. The van der Waals surface area contributed by atoms with Gasteiger partial charge in [-0.3, -0.25) is 9.59 Å². The van der Waals surface area contributed by atoms with Crippen molar-refractivity contribution in [3.8, 4) is 5.75 Å². The van der Waals surface area contributed by atoms with Crippen LogP contribution in [0.1, 0.15) is 6.42 Å². The quantitative estimate of drug-likeness (QED) is 0.843. The van der Waals surface area contributed by atoms with Crippen molar-refractivity contribution in [2.24, 2.45) is 5.92 Å². The first-order chi connectivity index (χ1) is 10.6. The van der Waals surface area contributed by atoms with Crippen LogP contribution < -0.4 is 15.0 Å². The minimum atomic E-state index is -0.292. The van der Waals surface area contributed by atoms with Crippen LogP contribution in [0.25, 0.3) is 0 Å². The Morgan fingerprint density at radius 3 is 2.78 bits per heavy atom. The minimum Gasteiger partial charge on any atom is -0.495 e. The maximum absolute atomic E-state index is 12.4. The summed E-state index contributed by atoms with van der Waals surface area (Å²) in [4.78, 5) is 28.0. The molecule has 0 spiro atoms. The van der Waals surface area contributed by atoms with Gasteiger partial charge >= 0.3 is 0 Å². The second-order valence-corrected chi connectivity index (χ2v) is 5.44. The molecule has 1 heterocycles. The Bertz CT molecular complexity index is 553. The third kappa shape index (κ3) is 4.36. The number of nitrogens with zero attached hydrogens (tertiary/aromatic N) is 2. The zero-order chi connectivity index (χ0) is 16.1. The molecule has 2 amide bonds. The molecule has 1 aliphatic rings. The fourth-order valence-electron chi connectivity index (χ4n) is 2.66. The third-order valence-electron chi connectivity index (χ3n) is 3.92. The van der Waals surface area contributed by atoms with Crippen molar-refractivity contribution in [3.63, 3.8) is 0 Å². The number of amides is 2. The van der Waals surface area contributed by atoms with Crippen molar-refractivity contribution < 1.29 is 14.3 Å². The Morgan fingerprint density at radius 1 is 1.43 bits per heavy atom. The van der Waals surface area contributed by atoms with Crippen molar-refractivity contribution in [1.82, 2.24) is 10.2 Å². The van der Waals surface area contributed by atoms with E-state index in [1.807, 2.05) is 31.3 Å². The summed E-state index contributed by atoms with van der Waals surface area (Å²) in [5.74, 6) is 0.331. The van der Waals surface area contributed by atoms with E-state index in [1.165, 1.54) is 0 Å². The lowest BCUT2D eigenvalue weighted by Gasteiger charge is -2.22. The topological polar surface area (TPSA) is 61.9 Å². The van der Waals surface area contributed by atoms with Crippen molar-refractivity contribution in [2.75, 3.05) is 45.7 Å². The summed E-state index contributed by atoms with van der Waals surface area (Å²) >= 11 is 0. The number of carbonyl (C=O) groups is 2. The molecule has 1 aromatic carbocycles. The fourth-order valence-corrected chi connectivity index (χ4v) is 2.66. The SMILES string of the molecule is CNCCN(C)C(=O)C1CC(=O)N(c2ccccc2OC)C1.Cl. The van der Waals surface area contributed by atoms with Crippen molar-refractivity contribution in [2.45, 2.75) is 6.42 Å². The van der Waals surface area contributed by atoms with Gasteiger partial charge in [-0.2, -0.15) is 0 Å². The molecule has 23 heavy (non-hydrogen) atoms. The molecule has 1 saturated heterocycles. The maximum atomic E-state index is 12.4. The average Bonchev–Trinajstić information content (AvgIpc) is 2.93. The Morgan fingerprint density at radius 2 is 2.13 bits per heavy atom. The van der Waals surface area contributed by atoms with Gasteiger partial charge in [-0.25, -0.2) is 0 Å². The molecule has 1 aliphatic heterocycles. The first-order valence-corrected chi connectivity index (χ1v) is 7.41. The van der Waals surface area contributed by atoms with Crippen molar-refractivity contribution in [3.05, 3.63) is 24.3 Å². The van der Waals surface area contributed by atoms with Crippen LogP contribution in [0.5, 0.6) is 5.75 Å². The number of ether oxygens (including phenoxy) is 1. The predicted octanol–water partition coefficient (Wildman–Crippen LogP) is 1.15. The molecule has 7 heteroatoms. The third-order valence-corrected chi connectivity index (χ3v) is 3.92. The summed E-state index contributed by atoms with van der Waals surface area (Å²) in [5.41, 5.74) is 0.725. The van der Waals surface area contributed by atoms with Crippen molar-refractivity contribution in [1.29, 1.82) is 0 Å². The lowest BCUT2D eigenvalue weighted by molar-refractivity contribution is -0.134. The molecule has 0 radical (unpaired) electrons. The number of anilines is 1. The summed E-state index contributed by atoms with van der Waals surface area (Å²) < 4.78 is 5.30. The zero-order valence-electron chi connectivity index (χ0n) is 13.7. The van der Waals surface area contributed by atoms with E-state index in [-0.39, 0.29) is 36.6 Å². The van der Waals surface area contributed by atoms with Crippen LogP contribution in [-0.2, 0) is 9.59 Å². The highest BCUT2D eigenvalue weighted by atomic mass is 35.5. The number of benzene rings is 1. The summed E-state index contributed by atoms with van der Waals surface area (Å²) in [6.07, 6.45) is 0.251. The van der Waals surface area contributed by atoms with Crippen LogP contribution in [0.3, 0.4) is 0 Å². The number of likely N-dealkylation sites (N-methyl/N-ethyl adjacent to an activating group) is 2. The summed E-state index contributed by atoms with van der Waals surface area (Å²) in [5, 5.41) is 3.01. The average molecular weight is 342 g/mol. The van der Waals surface area contributed by atoms with Crippen LogP contribution in [0.4, 0.5) is 5.69 Å². The highest BCUT2D eigenvalue weighted by molar-refractivity contribution is 6.01. The number of rotatable bonds is 6. The zero-order valence-corrected chi connectivity index (χ0v) is 14.6. The van der Waals surface area contributed by atoms with Gasteiger partial charge in [-0.15, -0.1) is 12.4 Å². The van der Waals surface area contributed by atoms with E-state index < -0.39 is 0 Å². The summed E-state index contributed by atoms with van der Waals surface area (Å²) in [7, 11) is 5.20. The molecular formula is C16H24ClN3O3. The van der Waals surface area contributed by atoms with Gasteiger partial charge in [0.15, 0.2) is 0 Å². The normalized spacial score (nSPS) is 16.9. The molecule has 6 nitrogen and oxygen atoms in total. The van der Waals surface area contributed by atoms with E-state index in [2.05, 4.69) is 5.32 Å². The molecule has 0 aliphatic carbocycles. The largest absolute Gasteiger partial charge is 0.495 e. The molecule has 128 valence electrons. The predicted molar refractivity (Wildman–Crippen MR) is 92.3 cm³/mol. The lowest BCUT2D eigenvalue weighted by Crippen LogP contribution is -2.38. The number of hydrogen-bond donors (Lipinski definition) is 1. The molecule has 0 aromatic heterocycles. The van der Waals surface area contributed by atoms with Gasteiger partial charge in [0.25, 0.3) is 0 Å². The number of carbonyl (C=O) groups excluding carboxylic acids is 2. The summed E-state index contributed by atoms with van der Waals surface area (Å²) in [6.45, 7) is 1.77.